The van der Waals surface area contributed by atoms with Crippen molar-refractivity contribution in [3.05, 3.63) is 23.8 Å². The van der Waals surface area contributed by atoms with E-state index in [4.69, 9.17) is 5.73 Å². The number of carbonyl (C=O) groups excluding carboxylic acids is 1. The van der Waals surface area contributed by atoms with E-state index >= 15 is 0 Å². The Morgan fingerprint density at radius 1 is 1.43 bits per heavy atom. The third kappa shape index (κ3) is 3.97. The molecule has 3 N–H and O–H groups in total. The molecule has 4 nitrogen and oxygen atoms in total. The first kappa shape index (κ1) is 15.8. The average molecular weight is 289 g/mol. The Kier molecular flexibility index (Phi) is 4.57. The van der Waals surface area contributed by atoms with Gasteiger partial charge in [0.1, 0.15) is 0 Å². The van der Waals surface area contributed by atoms with Crippen molar-refractivity contribution in [1.29, 1.82) is 0 Å². The number of carbonyl (C=O) groups is 1. The summed E-state index contributed by atoms with van der Waals surface area (Å²) in [6.45, 7) is 10.5. The van der Waals surface area contributed by atoms with Gasteiger partial charge in [0, 0.05) is 17.9 Å². The molecule has 1 aromatic rings. The van der Waals surface area contributed by atoms with Crippen LogP contribution in [0.25, 0.3) is 0 Å². The van der Waals surface area contributed by atoms with Gasteiger partial charge in [-0.3, -0.25) is 9.69 Å². The molecule has 4 heteroatoms. The van der Waals surface area contributed by atoms with Gasteiger partial charge < -0.3 is 11.1 Å². The van der Waals surface area contributed by atoms with Crippen LogP contribution in [0.4, 0.5) is 11.4 Å². The number of amides is 1. The summed E-state index contributed by atoms with van der Waals surface area (Å²) >= 11 is 0. The van der Waals surface area contributed by atoms with Gasteiger partial charge in [-0.2, -0.15) is 0 Å². The lowest BCUT2D eigenvalue weighted by Crippen LogP contribution is -2.49. The molecule has 1 aliphatic rings. The third-order valence-corrected chi connectivity index (χ3v) is 4.37. The van der Waals surface area contributed by atoms with Gasteiger partial charge in [-0.15, -0.1) is 0 Å². The van der Waals surface area contributed by atoms with Crippen molar-refractivity contribution in [3.8, 4) is 0 Å². The molecule has 0 aliphatic carbocycles. The predicted octanol–water partition coefficient (Wildman–Crippen LogP) is 3.03. The number of anilines is 2. The highest BCUT2D eigenvalue weighted by Crippen LogP contribution is 2.29. The van der Waals surface area contributed by atoms with Gasteiger partial charge >= 0.3 is 0 Å². The number of hydrogen-bond donors (Lipinski definition) is 2. The number of nitrogens with one attached hydrogen (secondary N) is 1. The van der Waals surface area contributed by atoms with Gasteiger partial charge in [0.15, 0.2) is 0 Å². The van der Waals surface area contributed by atoms with E-state index in [0.29, 0.717) is 5.41 Å². The summed E-state index contributed by atoms with van der Waals surface area (Å²) in [6, 6.07) is 5.46. The minimum atomic E-state index is -0.110. The van der Waals surface area contributed by atoms with E-state index in [-0.39, 0.29) is 11.9 Å². The van der Waals surface area contributed by atoms with Crippen LogP contribution in [0.2, 0.25) is 0 Å². The van der Waals surface area contributed by atoms with Crippen LogP contribution in [0.3, 0.4) is 0 Å². The molecule has 1 aromatic carbocycles. The predicted molar refractivity (Wildman–Crippen MR) is 88.3 cm³/mol. The summed E-state index contributed by atoms with van der Waals surface area (Å²) in [5.41, 5.74) is 8.60. The van der Waals surface area contributed by atoms with E-state index in [1.165, 1.54) is 6.42 Å². The van der Waals surface area contributed by atoms with E-state index in [1.54, 1.807) is 0 Å². The molecule has 1 unspecified atom stereocenters. The van der Waals surface area contributed by atoms with Crippen LogP contribution in [0.15, 0.2) is 18.2 Å². The summed E-state index contributed by atoms with van der Waals surface area (Å²) in [5.74, 6) is 0.0561. The molecule has 0 bridgehead atoms. The van der Waals surface area contributed by atoms with Gasteiger partial charge in [0.05, 0.1) is 6.04 Å². The molecule has 0 saturated carbocycles. The molecule has 0 aromatic heterocycles. The van der Waals surface area contributed by atoms with Crippen LogP contribution in [0.5, 0.6) is 0 Å². The molecule has 2 rings (SSSR count). The van der Waals surface area contributed by atoms with Crippen molar-refractivity contribution < 1.29 is 4.79 Å². The van der Waals surface area contributed by atoms with Crippen molar-refractivity contribution in [2.24, 2.45) is 5.41 Å². The largest absolute Gasteiger partial charge is 0.399 e. The van der Waals surface area contributed by atoms with Crippen molar-refractivity contribution in [2.75, 3.05) is 24.1 Å². The van der Waals surface area contributed by atoms with Gasteiger partial charge in [-0.05, 0) is 62.4 Å². The highest BCUT2D eigenvalue weighted by Gasteiger charge is 2.31. The van der Waals surface area contributed by atoms with E-state index in [2.05, 4.69) is 24.1 Å². The molecule has 1 amide bonds. The number of rotatable bonds is 3. The second-order valence-electron chi connectivity index (χ2n) is 6.98. The second-order valence-corrected chi connectivity index (χ2v) is 6.98. The van der Waals surface area contributed by atoms with Gasteiger partial charge in [0.2, 0.25) is 5.91 Å². The lowest BCUT2D eigenvalue weighted by Gasteiger charge is -2.40. The highest BCUT2D eigenvalue weighted by molar-refractivity contribution is 5.95. The van der Waals surface area contributed by atoms with Crippen LogP contribution in [-0.2, 0) is 4.79 Å². The fourth-order valence-corrected chi connectivity index (χ4v) is 3.03. The lowest BCUT2D eigenvalue weighted by molar-refractivity contribution is -0.121. The van der Waals surface area contributed by atoms with E-state index in [9.17, 15) is 4.79 Å². The van der Waals surface area contributed by atoms with Gasteiger partial charge in [0.25, 0.3) is 0 Å². The Bertz CT molecular complexity index is 525. The number of piperidine rings is 1. The molecule has 1 saturated heterocycles. The zero-order valence-electron chi connectivity index (χ0n) is 13.6. The van der Waals surface area contributed by atoms with Crippen molar-refractivity contribution in [2.45, 2.75) is 46.6 Å². The Hall–Kier alpha value is -1.55. The van der Waals surface area contributed by atoms with Crippen LogP contribution in [-0.4, -0.2) is 29.9 Å². The monoisotopic (exact) mass is 289 g/mol. The zero-order valence-corrected chi connectivity index (χ0v) is 13.6. The third-order valence-electron chi connectivity index (χ3n) is 4.37. The first-order valence-electron chi connectivity index (χ1n) is 7.69. The fraction of sp³-hybridized carbons (Fsp3) is 0.588. The fourth-order valence-electron chi connectivity index (χ4n) is 3.03. The van der Waals surface area contributed by atoms with Crippen LogP contribution < -0.4 is 11.1 Å². The Morgan fingerprint density at radius 2 is 2.14 bits per heavy atom. The molecule has 21 heavy (non-hydrogen) atoms. The van der Waals surface area contributed by atoms with E-state index in [0.717, 1.165) is 36.4 Å². The smallest absolute Gasteiger partial charge is 0.241 e. The Balaban J connectivity index is 2.02. The maximum absolute atomic E-state index is 12.5. The SMILES string of the molecule is Cc1cc(N)ccc1NC(=O)C(C)N1CCCC(C)(C)C1. The minimum Gasteiger partial charge on any atom is -0.399 e. The number of benzene rings is 1. The molecule has 0 radical (unpaired) electrons. The number of aryl methyl sites for hydroxylation is 1. The highest BCUT2D eigenvalue weighted by atomic mass is 16.2. The molecular weight excluding hydrogens is 262 g/mol. The number of nitrogens with zero attached hydrogens (tertiary/aromatic N) is 1. The van der Waals surface area contributed by atoms with Crippen LogP contribution in [0.1, 0.15) is 39.2 Å². The number of likely N-dealkylation sites (tertiary alicyclic amines) is 1. The number of nitrogen functional groups attached to an aromatic ring is 1. The summed E-state index contributed by atoms with van der Waals surface area (Å²) in [7, 11) is 0. The Morgan fingerprint density at radius 3 is 2.76 bits per heavy atom. The summed E-state index contributed by atoms with van der Waals surface area (Å²) in [4.78, 5) is 14.8. The first-order chi connectivity index (χ1) is 9.78. The maximum atomic E-state index is 12.5. The molecule has 1 fully saturated rings. The van der Waals surface area contributed by atoms with Crippen LogP contribution in [0, 0.1) is 12.3 Å². The molecule has 1 heterocycles. The second kappa shape index (κ2) is 6.06. The molecule has 116 valence electrons. The summed E-state index contributed by atoms with van der Waals surface area (Å²) in [6.07, 6.45) is 2.39. The van der Waals surface area contributed by atoms with Crippen molar-refractivity contribution in [3.63, 3.8) is 0 Å². The van der Waals surface area contributed by atoms with Crippen molar-refractivity contribution in [1.82, 2.24) is 4.90 Å². The minimum absolute atomic E-state index is 0.0561. The van der Waals surface area contributed by atoms with Gasteiger partial charge in [-0.25, -0.2) is 0 Å². The zero-order chi connectivity index (χ0) is 15.6. The topological polar surface area (TPSA) is 58.4 Å². The molecular formula is C17H27N3O. The van der Waals surface area contributed by atoms with Crippen molar-refractivity contribution >= 4 is 17.3 Å². The normalized spacial score (nSPS) is 20.0. The first-order valence-corrected chi connectivity index (χ1v) is 7.69. The summed E-state index contributed by atoms with van der Waals surface area (Å²) < 4.78 is 0. The van der Waals surface area contributed by atoms with Gasteiger partial charge in [-0.1, -0.05) is 13.8 Å². The molecule has 1 atom stereocenters. The standard InChI is InChI=1S/C17H27N3O/c1-12-10-14(18)6-7-15(12)19-16(21)13(2)20-9-5-8-17(3,4)11-20/h6-7,10,13H,5,8-9,11,18H2,1-4H3,(H,19,21). The molecule has 0 spiro atoms. The molecule has 1 aliphatic heterocycles. The van der Waals surface area contributed by atoms with E-state index < -0.39 is 0 Å². The Labute approximate surface area is 127 Å². The number of nitrogens with two attached hydrogens (primary N) is 1. The maximum Gasteiger partial charge on any atom is 0.241 e. The lowest BCUT2D eigenvalue weighted by atomic mass is 9.83. The average Bonchev–Trinajstić information content (AvgIpc) is 2.40. The van der Waals surface area contributed by atoms with Crippen LogP contribution >= 0.6 is 0 Å². The quantitative estimate of drug-likeness (QED) is 0.841. The summed E-state index contributed by atoms with van der Waals surface area (Å²) in [5, 5.41) is 3.03. The number of hydrogen-bond acceptors (Lipinski definition) is 3. The van der Waals surface area contributed by atoms with E-state index in [1.807, 2.05) is 32.0 Å².